The molecule has 3 nitrogen and oxygen atoms in total. The molecule has 15 heavy (non-hydrogen) atoms. The normalized spacial score (nSPS) is 18.8. The molecule has 0 saturated heterocycles. The van der Waals surface area contributed by atoms with Crippen LogP contribution in [0.4, 0.5) is 0 Å². The van der Waals surface area contributed by atoms with Gasteiger partial charge in [0.05, 0.1) is 17.8 Å². The van der Waals surface area contributed by atoms with E-state index in [0.29, 0.717) is 6.61 Å². The molecule has 86 valence electrons. The molecule has 5 heteroatoms. The molecule has 1 saturated carbocycles. The third kappa shape index (κ3) is 2.69. The minimum atomic E-state index is -0.142. The fourth-order valence-corrected chi connectivity index (χ4v) is 2.95. The molecule has 2 rings (SSSR count). The summed E-state index contributed by atoms with van der Waals surface area (Å²) < 4.78 is 5.04. The molecular formula is C10H17ClN2OS. The van der Waals surface area contributed by atoms with Gasteiger partial charge in [0.15, 0.2) is 0 Å². The number of methoxy groups -OCH3 is 1. The molecule has 1 aromatic heterocycles. The van der Waals surface area contributed by atoms with E-state index in [1.165, 1.54) is 12.8 Å². The van der Waals surface area contributed by atoms with Gasteiger partial charge in [-0.05, 0) is 12.8 Å². The van der Waals surface area contributed by atoms with Crippen molar-refractivity contribution in [2.24, 2.45) is 5.73 Å². The maximum absolute atomic E-state index is 6.30. The molecule has 1 aliphatic carbocycles. The van der Waals surface area contributed by atoms with Crippen LogP contribution in [0.5, 0.6) is 0 Å². The van der Waals surface area contributed by atoms with E-state index in [1.54, 1.807) is 18.4 Å². The summed E-state index contributed by atoms with van der Waals surface area (Å²) >= 11 is 1.67. The van der Waals surface area contributed by atoms with E-state index < -0.39 is 0 Å². The second kappa shape index (κ2) is 5.25. The number of nitrogens with two attached hydrogens (primary N) is 1. The largest absolute Gasteiger partial charge is 0.378 e. The van der Waals surface area contributed by atoms with E-state index in [1.807, 2.05) is 5.38 Å². The lowest BCUT2D eigenvalue weighted by atomic mass is 10.0. The molecule has 1 aromatic rings. The maximum atomic E-state index is 6.30. The number of thiazole rings is 1. The minimum absolute atomic E-state index is 0. The Balaban J connectivity index is 0.00000112. The first-order valence-electron chi connectivity index (χ1n) is 4.97. The van der Waals surface area contributed by atoms with Crippen molar-refractivity contribution in [2.45, 2.75) is 37.8 Å². The summed E-state index contributed by atoms with van der Waals surface area (Å²) in [6.45, 7) is 0.590. The summed E-state index contributed by atoms with van der Waals surface area (Å²) in [5, 5.41) is 3.13. The van der Waals surface area contributed by atoms with E-state index in [2.05, 4.69) is 4.98 Å². The molecule has 0 aliphatic heterocycles. The Morgan fingerprint density at radius 2 is 2.20 bits per heavy atom. The molecular weight excluding hydrogens is 232 g/mol. The Morgan fingerprint density at radius 3 is 2.80 bits per heavy atom. The van der Waals surface area contributed by atoms with Gasteiger partial charge in [-0.2, -0.15) is 0 Å². The molecule has 0 amide bonds. The van der Waals surface area contributed by atoms with Crippen molar-refractivity contribution in [3.8, 4) is 0 Å². The highest BCUT2D eigenvalue weighted by molar-refractivity contribution is 7.09. The molecule has 0 spiro atoms. The molecule has 0 unspecified atom stereocenters. The average Bonchev–Trinajstić information content (AvgIpc) is 2.75. The Morgan fingerprint density at radius 1 is 1.53 bits per heavy atom. The first-order valence-corrected chi connectivity index (χ1v) is 5.85. The number of rotatable bonds is 3. The molecule has 1 heterocycles. The van der Waals surface area contributed by atoms with Gasteiger partial charge in [0.2, 0.25) is 0 Å². The van der Waals surface area contributed by atoms with Gasteiger partial charge in [0, 0.05) is 12.5 Å². The fraction of sp³-hybridized carbons (Fsp3) is 0.700. The first kappa shape index (κ1) is 12.9. The maximum Gasteiger partial charge on any atom is 0.113 e. The Hall–Kier alpha value is -0.160. The van der Waals surface area contributed by atoms with Crippen molar-refractivity contribution in [1.82, 2.24) is 4.98 Å². The van der Waals surface area contributed by atoms with Crippen molar-refractivity contribution in [1.29, 1.82) is 0 Å². The summed E-state index contributed by atoms with van der Waals surface area (Å²) in [4.78, 5) is 4.52. The highest BCUT2D eigenvalue weighted by Gasteiger charge is 2.33. The molecule has 0 bridgehead atoms. The van der Waals surface area contributed by atoms with Crippen LogP contribution in [0.2, 0.25) is 0 Å². The van der Waals surface area contributed by atoms with Gasteiger partial charge in [0.25, 0.3) is 0 Å². The highest BCUT2D eigenvalue weighted by atomic mass is 35.5. The third-order valence-corrected chi connectivity index (χ3v) is 3.88. The Labute approximate surface area is 100 Å². The van der Waals surface area contributed by atoms with E-state index in [4.69, 9.17) is 10.5 Å². The SMILES string of the molecule is COCc1csc(C2(N)CCCC2)n1.Cl. The molecule has 0 atom stereocenters. The number of nitrogens with zero attached hydrogens (tertiary/aromatic N) is 1. The van der Waals surface area contributed by atoms with Crippen LogP contribution in [-0.4, -0.2) is 12.1 Å². The minimum Gasteiger partial charge on any atom is -0.378 e. The number of hydrogen-bond acceptors (Lipinski definition) is 4. The van der Waals surface area contributed by atoms with Gasteiger partial charge < -0.3 is 10.5 Å². The van der Waals surface area contributed by atoms with Gasteiger partial charge in [-0.3, -0.25) is 0 Å². The molecule has 2 N–H and O–H groups in total. The zero-order valence-corrected chi connectivity index (χ0v) is 10.5. The van der Waals surface area contributed by atoms with Crippen LogP contribution in [0.15, 0.2) is 5.38 Å². The summed E-state index contributed by atoms with van der Waals surface area (Å²) in [5.41, 5.74) is 7.16. The van der Waals surface area contributed by atoms with Gasteiger partial charge in [-0.25, -0.2) is 4.98 Å². The van der Waals surface area contributed by atoms with Crippen LogP contribution in [0.25, 0.3) is 0 Å². The van der Waals surface area contributed by atoms with E-state index >= 15 is 0 Å². The van der Waals surface area contributed by atoms with Crippen LogP contribution in [0.3, 0.4) is 0 Å². The molecule has 0 aromatic carbocycles. The number of hydrogen-bond donors (Lipinski definition) is 1. The van der Waals surface area contributed by atoms with Crippen molar-refractivity contribution < 1.29 is 4.74 Å². The van der Waals surface area contributed by atoms with Crippen molar-refractivity contribution in [3.05, 3.63) is 16.1 Å². The fourth-order valence-electron chi connectivity index (χ4n) is 1.97. The summed E-state index contributed by atoms with van der Waals surface area (Å²) in [5.74, 6) is 0. The number of ether oxygens (including phenoxy) is 1. The highest BCUT2D eigenvalue weighted by Crippen LogP contribution is 2.37. The number of halogens is 1. The van der Waals surface area contributed by atoms with Crippen molar-refractivity contribution in [2.75, 3.05) is 7.11 Å². The Kier molecular flexibility index (Phi) is 4.52. The van der Waals surface area contributed by atoms with Crippen LogP contribution in [-0.2, 0) is 16.9 Å². The predicted molar refractivity (Wildman–Crippen MR) is 64.4 cm³/mol. The Bertz CT molecular complexity index is 310. The van der Waals surface area contributed by atoms with Gasteiger partial charge in [0.1, 0.15) is 5.01 Å². The molecule has 1 aliphatic rings. The second-order valence-electron chi connectivity index (χ2n) is 3.94. The number of aromatic nitrogens is 1. The smallest absolute Gasteiger partial charge is 0.113 e. The summed E-state index contributed by atoms with van der Waals surface area (Å²) in [6.07, 6.45) is 4.62. The predicted octanol–water partition coefficient (Wildman–Crippen LogP) is 2.44. The quantitative estimate of drug-likeness (QED) is 0.894. The van der Waals surface area contributed by atoms with Crippen LogP contribution in [0.1, 0.15) is 36.4 Å². The molecule has 1 fully saturated rings. The van der Waals surface area contributed by atoms with E-state index in [0.717, 1.165) is 23.5 Å². The van der Waals surface area contributed by atoms with Gasteiger partial charge >= 0.3 is 0 Å². The van der Waals surface area contributed by atoms with E-state index in [-0.39, 0.29) is 17.9 Å². The van der Waals surface area contributed by atoms with Crippen LogP contribution < -0.4 is 5.73 Å². The van der Waals surface area contributed by atoms with Gasteiger partial charge in [-0.1, -0.05) is 12.8 Å². The monoisotopic (exact) mass is 248 g/mol. The summed E-state index contributed by atoms with van der Waals surface area (Å²) in [7, 11) is 1.69. The van der Waals surface area contributed by atoms with E-state index in [9.17, 15) is 0 Å². The second-order valence-corrected chi connectivity index (χ2v) is 4.80. The van der Waals surface area contributed by atoms with Crippen molar-refractivity contribution in [3.63, 3.8) is 0 Å². The lowest BCUT2D eigenvalue weighted by molar-refractivity contribution is 0.181. The third-order valence-electron chi connectivity index (χ3n) is 2.77. The topological polar surface area (TPSA) is 48.1 Å². The van der Waals surface area contributed by atoms with Crippen LogP contribution in [0, 0.1) is 0 Å². The lowest BCUT2D eigenvalue weighted by Gasteiger charge is -2.19. The van der Waals surface area contributed by atoms with Gasteiger partial charge in [-0.15, -0.1) is 23.7 Å². The van der Waals surface area contributed by atoms with Crippen LogP contribution >= 0.6 is 23.7 Å². The first-order chi connectivity index (χ1) is 6.74. The zero-order chi connectivity index (χ0) is 10.0. The summed E-state index contributed by atoms with van der Waals surface area (Å²) in [6, 6.07) is 0. The molecule has 0 radical (unpaired) electrons. The standard InChI is InChI=1S/C10H16N2OS.ClH/c1-13-6-8-7-14-9(12-8)10(11)4-2-3-5-10;/h7H,2-6,11H2,1H3;1H. The lowest BCUT2D eigenvalue weighted by Crippen LogP contribution is -2.32. The van der Waals surface area contributed by atoms with Crippen molar-refractivity contribution >= 4 is 23.7 Å². The zero-order valence-electron chi connectivity index (χ0n) is 8.86. The average molecular weight is 249 g/mol.